The molecule has 3 aliphatic rings. The third-order valence-electron chi connectivity index (χ3n) is 12.7. The summed E-state index contributed by atoms with van der Waals surface area (Å²) in [6, 6.07) is 14.7. The number of carboxylic acid groups (broad SMARTS) is 1. The molecule has 15 heteroatoms. The molecule has 3 aliphatic heterocycles. The van der Waals surface area contributed by atoms with E-state index in [9.17, 15) is 24.3 Å². The first-order valence-electron chi connectivity index (χ1n) is 21.2. The van der Waals surface area contributed by atoms with Gasteiger partial charge in [0.15, 0.2) is 0 Å². The molecule has 15 nitrogen and oxygen atoms in total. The second kappa shape index (κ2) is 16.6. The highest BCUT2D eigenvalue weighted by atomic mass is 16.5. The number of carbonyl (C=O) groups is 4. The van der Waals surface area contributed by atoms with Gasteiger partial charge in [-0.05, 0) is 66.5 Å². The minimum atomic E-state index is -1.13. The standard InChI is InChI=1S/C46H54N8O7/c1-24(2)39(51-45(57)60-7)43(55)53-18-8-10-34(53)41-47-22-32(49-41)28-13-16-31-27(20-28)14-17-36-38(31)26(5)30-15-12-29(21-37(30)61-36)33-23-48-42(50-33)35-11-9-19-54(35)44(56)40(25(3)4)52(6)46(58)59/h12-17,20-26,34-35,39-40H,8-11,18-19H2,1-7H3,(H,47,49)(H,48,50)(H,51,57)(H,58,59)/t26?,34-,35-,39?,40?/m0/s1. The molecule has 5 atom stereocenters. The normalized spacial score (nSPS) is 19.4. The molecule has 0 radical (unpaired) electrons. The molecule has 0 spiro atoms. The zero-order chi connectivity index (χ0) is 43.3. The van der Waals surface area contributed by atoms with E-state index in [-0.39, 0.29) is 41.7 Å². The Bertz CT molecular complexity index is 2490. The van der Waals surface area contributed by atoms with E-state index in [1.54, 1.807) is 11.1 Å². The van der Waals surface area contributed by atoms with Crippen LogP contribution in [0.2, 0.25) is 0 Å². The lowest BCUT2D eigenvalue weighted by Gasteiger charge is -2.33. The summed E-state index contributed by atoms with van der Waals surface area (Å²) < 4.78 is 11.4. The zero-order valence-electron chi connectivity index (χ0n) is 35.7. The highest BCUT2D eigenvalue weighted by Gasteiger charge is 2.40. The lowest BCUT2D eigenvalue weighted by atomic mass is 9.85. The van der Waals surface area contributed by atoms with Crippen molar-refractivity contribution in [1.29, 1.82) is 0 Å². The number of benzene rings is 3. The van der Waals surface area contributed by atoms with Gasteiger partial charge >= 0.3 is 12.2 Å². The molecule has 8 rings (SSSR count). The second-order valence-corrected chi connectivity index (χ2v) is 17.2. The van der Waals surface area contributed by atoms with Crippen LogP contribution in [-0.2, 0) is 14.3 Å². The van der Waals surface area contributed by atoms with Crippen molar-refractivity contribution >= 4 is 34.8 Å². The number of hydrogen-bond donors (Lipinski definition) is 4. The van der Waals surface area contributed by atoms with E-state index < -0.39 is 24.3 Å². The SMILES string of the molecule is COC(=O)NC(C(=O)N1CCC[C@H]1c1ncc(-c2ccc3c4c(ccc3c2)Oc2cc(-c3cnc([C@@H]5CCCN5C(=O)C(C(C)C)N(C)C(=O)O)[nH]3)ccc2C4C)[nH]1)C(C)C. The van der Waals surface area contributed by atoms with Crippen LogP contribution in [0.5, 0.6) is 11.5 Å². The topological polar surface area (TPSA) is 186 Å². The molecule has 5 heterocycles. The molecule has 3 aromatic carbocycles. The van der Waals surface area contributed by atoms with Gasteiger partial charge in [0.05, 0.1) is 43.0 Å². The maximum absolute atomic E-state index is 13.7. The van der Waals surface area contributed by atoms with Crippen molar-refractivity contribution in [1.82, 2.24) is 40.0 Å². The molecule has 2 aromatic heterocycles. The Balaban J connectivity index is 0.993. The second-order valence-electron chi connectivity index (χ2n) is 17.2. The number of nitrogens with one attached hydrogen (secondary N) is 3. The van der Waals surface area contributed by atoms with E-state index in [0.29, 0.717) is 24.7 Å². The fourth-order valence-corrected chi connectivity index (χ4v) is 9.46. The van der Waals surface area contributed by atoms with Gasteiger partial charge in [-0.1, -0.05) is 65.0 Å². The number of imidazole rings is 2. The molecule has 320 valence electrons. The number of hydrogen-bond acceptors (Lipinski definition) is 8. The molecule has 0 bridgehead atoms. The average Bonchev–Trinajstić information content (AvgIpc) is 4.09. The van der Waals surface area contributed by atoms with Crippen molar-refractivity contribution in [2.75, 3.05) is 27.2 Å². The molecule has 0 aliphatic carbocycles. The van der Waals surface area contributed by atoms with Crippen molar-refractivity contribution in [2.24, 2.45) is 11.8 Å². The fourth-order valence-electron chi connectivity index (χ4n) is 9.46. The largest absolute Gasteiger partial charge is 0.465 e. The Labute approximate surface area is 354 Å². The Kier molecular flexibility index (Phi) is 11.2. The number of rotatable bonds is 10. The van der Waals surface area contributed by atoms with Gasteiger partial charge in [0.1, 0.15) is 35.2 Å². The van der Waals surface area contributed by atoms with Crippen molar-refractivity contribution < 1.29 is 33.8 Å². The third-order valence-corrected chi connectivity index (χ3v) is 12.7. The number of aromatic amines is 2. The number of nitrogens with zero attached hydrogens (tertiary/aromatic N) is 5. The summed E-state index contributed by atoms with van der Waals surface area (Å²) in [7, 11) is 2.74. The van der Waals surface area contributed by atoms with Gasteiger partial charge in [0.25, 0.3) is 0 Å². The quantitative estimate of drug-likeness (QED) is 0.108. The molecule has 3 unspecified atom stereocenters. The van der Waals surface area contributed by atoms with E-state index in [1.807, 2.05) is 50.9 Å². The van der Waals surface area contributed by atoms with E-state index in [4.69, 9.17) is 19.4 Å². The first kappa shape index (κ1) is 41.4. The Morgan fingerprint density at radius 1 is 0.836 bits per heavy atom. The van der Waals surface area contributed by atoms with Gasteiger partial charge in [-0.15, -0.1) is 0 Å². The van der Waals surface area contributed by atoms with Crippen LogP contribution in [0.15, 0.2) is 60.9 Å². The lowest BCUT2D eigenvalue weighted by Crippen LogP contribution is -2.51. The number of methoxy groups -OCH3 is 1. The molecule has 2 saturated heterocycles. The summed E-state index contributed by atoms with van der Waals surface area (Å²) in [6.45, 7) is 10.9. The van der Waals surface area contributed by atoms with Crippen LogP contribution in [0.25, 0.3) is 33.3 Å². The molecule has 0 saturated carbocycles. The van der Waals surface area contributed by atoms with Crippen molar-refractivity contribution in [3.63, 3.8) is 0 Å². The zero-order valence-corrected chi connectivity index (χ0v) is 35.7. The number of fused-ring (bicyclic) bond motifs is 4. The van der Waals surface area contributed by atoms with Gasteiger partial charge in [0.2, 0.25) is 11.8 Å². The summed E-state index contributed by atoms with van der Waals surface area (Å²) in [4.78, 5) is 72.3. The summed E-state index contributed by atoms with van der Waals surface area (Å²) >= 11 is 0. The number of ether oxygens (including phenoxy) is 2. The van der Waals surface area contributed by atoms with Crippen LogP contribution in [-0.4, -0.2) is 103 Å². The van der Waals surface area contributed by atoms with Crippen molar-refractivity contribution in [2.45, 2.75) is 90.4 Å². The molecular weight excluding hydrogens is 777 g/mol. The highest BCUT2D eigenvalue weighted by molar-refractivity contribution is 5.93. The number of amides is 4. The highest BCUT2D eigenvalue weighted by Crippen LogP contribution is 2.48. The monoisotopic (exact) mass is 830 g/mol. The minimum Gasteiger partial charge on any atom is -0.465 e. The number of likely N-dealkylation sites (tertiary alicyclic amines) is 2. The molecule has 2 fully saturated rings. The summed E-state index contributed by atoms with van der Waals surface area (Å²) in [6.07, 6.45) is 4.99. The summed E-state index contributed by atoms with van der Waals surface area (Å²) in [5.41, 5.74) is 5.71. The smallest absolute Gasteiger partial charge is 0.407 e. The van der Waals surface area contributed by atoms with Gasteiger partial charge < -0.3 is 39.7 Å². The van der Waals surface area contributed by atoms with Crippen LogP contribution in [0.1, 0.15) is 101 Å². The Hall–Kier alpha value is -6.38. The maximum Gasteiger partial charge on any atom is 0.407 e. The van der Waals surface area contributed by atoms with Crippen LogP contribution in [0.3, 0.4) is 0 Å². The van der Waals surface area contributed by atoms with Crippen LogP contribution < -0.4 is 10.1 Å². The Morgan fingerprint density at radius 2 is 1.44 bits per heavy atom. The summed E-state index contributed by atoms with van der Waals surface area (Å²) in [5, 5.41) is 14.5. The van der Waals surface area contributed by atoms with Gasteiger partial charge in [-0.3, -0.25) is 14.5 Å². The average molecular weight is 831 g/mol. The molecule has 4 N–H and O–H groups in total. The number of carbonyl (C=O) groups excluding carboxylic acids is 3. The summed E-state index contributed by atoms with van der Waals surface area (Å²) in [5.74, 6) is 2.35. The number of aromatic nitrogens is 4. The first-order valence-corrected chi connectivity index (χ1v) is 21.2. The molecule has 61 heavy (non-hydrogen) atoms. The van der Waals surface area contributed by atoms with Crippen LogP contribution >= 0.6 is 0 Å². The predicted molar refractivity (Wildman–Crippen MR) is 229 cm³/mol. The van der Waals surface area contributed by atoms with E-state index in [0.717, 1.165) is 86.5 Å². The van der Waals surface area contributed by atoms with E-state index in [1.165, 1.54) is 14.2 Å². The Morgan fingerprint density at radius 3 is 2.03 bits per heavy atom. The minimum absolute atomic E-state index is 0.0450. The molecular formula is C46H54N8O7. The van der Waals surface area contributed by atoms with Crippen LogP contribution in [0, 0.1) is 11.8 Å². The number of likely N-dealkylation sites (N-methyl/N-ethyl adjacent to an activating group) is 1. The van der Waals surface area contributed by atoms with Crippen molar-refractivity contribution in [3.8, 4) is 34.0 Å². The number of H-pyrrole nitrogens is 2. The van der Waals surface area contributed by atoms with Gasteiger partial charge in [-0.25, -0.2) is 19.6 Å². The van der Waals surface area contributed by atoms with Crippen molar-refractivity contribution in [3.05, 3.63) is 83.7 Å². The van der Waals surface area contributed by atoms with Crippen LogP contribution in [0.4, 0.5) is 9.59 Å². The molecule has 4 amide bonds. The van der Waals surface area contributed by atoms with E-state index >= 15 is 0 Å². The fraction of sp³-hybridized carbons (Fsp3) is 0.435. The molecule has 5 aromatic rings. The lowest BCUT2D eigenvalue weighted by molar-refractivity contribution is -0.138. The third kappa shape index (κ3) is 7.65. The van der Waals surface area contributed by atoms with Gasteiger partial charge in [0, 0.05) is 48.3 Å². The number of alkyl carbamates (subject to hydrolysis) is 1. The maximum atomic E-state index is 13.7. The van der Waals surface area contributed by atoms with Gasteiger partial charge in [-0.2, -0.15) is 0 Å². The first-order chi connectivity index (χ1) is 29.2. The predicted octanol–water partition coefficient (Wildman–Crippen LogP) is 8.22. The van der Waals surface area contributed by atoms with E-state index in [2.05, 4.69) is 58.6 Å².